The van der Waals surface area contributed by atoms with Crippen LogP contribution < -0.4 is 4.74 Å². The first-order valence-corrected chi connectivity index (χ1v) is 9.79. The Bertz CT molecular complexity index is 1080. The molecular weight excluding hydrogens is 403 g/mol. The van der Waals surface area contributed by atoms with Crippen LogP contribution in [0.3, 0.4) is 0 Å². The summed E-state index contributed by atoms with van der Waals surface area (Å²) in [5, 5.41) is 4.44. The molecule has 1 aromatic heterocycles. The SMILES string of the molecule is CCCCOc1ccc(-c2nn(-c3ccccc3)c(C(=O)OC)c2C(=O)OC)cc1F. The number of hydrogen-bond acceptors (Lipinski definition) is 6. The molecule has 0 aliphatic rings. The predicted molar refractivity (Wildman–Crippen MR) is 112 cm³/mol. The molecule has 0 N–H and O–H groups in total. The molecule has 0 amide bonds. The lowest BCUT2D eigenvalue weighted by molar-refractivity contribution is 0.0549. The lowest BCUT2D eigenvalue weighted by atomic mass is 10.1. The highest BCUT2D eigenvalue weighted by atomic mass is 19.1. The van der Waals surface area contributed by atoms with Crippen molar-refractivity contribution in [2.24, 2.45) is 0 Å². The van der Waals surface area contributed by atoms with Gasteiger partial charge in [0.2, 0.25) is 0 Å². The van der Waals surface area contributed by atoms with E-state index in [1.165, 1.54) is 31.0 Å². The van der Waals surface area contributed by atoms with Crippen LogP contribution in [-0.4, -0.2) is 42.5 Å². The summed E-state index contributed by atoms with van der Waals surface area (Å²) in [5.74, 6) is -2.06. The Labute approximate surface area is 179 Å². The molecule has 3 aromatic rings. The fraction of sp³-hybridized carbons (Fsp3) is 0.261. The molecule has 0 atom stereocenters. The van der Waals surface area contributed by atoms with Gasteiger partial charge >= 0.3 is 11.9 Å². The zero-order chi connectivity index (χ0) is 22.4. The third-order valence-corrected chi connectivity index (χ3v) is 4.62. The molecule has 1 heterocycles. The van der Waals surface area contributed by atoms with Gasteiger partial charge in [-0.25, -0.2) is 18.7 Å². The van der Waals surface area contributed by atoms with Gasteiger partial charge in [-0.1, -0.05) is 31.5 Å². The Hall–Kier alpha value is -3.68. The number of aromatic nitrogens is 2. The largest absolute Gasteiger partial charge is 0.491 e. The predicted octanol–water partition coefficient (Wildman–Crippen LogP) is 4.43. The summed E-state index contributed by atoms with van der Waals surface area (Å²) >= 11 is 0. The lowest BCUT2D eigenvalue weighted by Gasteiger charge is -2.08. The van der Waals surface area contributed by atoms with Crippen LogP contribution in [0.2, 0.25) is 0 Å². The molecule has 0 unspecified atom stereocenters. The minimum absolute atomic E-state index is 0.0927. The number of ether oxygens (including phenoxy) is 3. The van der Waals surface area contributed by atoms with Crippen molar-refractivity contribution < 1.29 is 28.2 Å². The highest BCUT2D eigenvalue weighted by Crippen LogP contribution is 2.31. The van der Waals surface area contributed by atoms with Gasteiger partial charge in [0.25, 0.3) is 0 Å². The van der Waals surface area contributed by atoms with Crippen molar-refractivity contribution >= 4 is 11.9 Å². The van der Waals surface area contributed by atoms with Crippen LogP contribution in [0, 0.1) is 5.82 Å². The van der Waals surface area contributed by atoms with Gasteiger partial charge in [-0.15, -0.1) is 0 Å². The van der Waals surface area contributed by atoms with Crippen molar-refractivity contribution in [3.05, 3.63) is 65.6 Å². The molecule has 2 aromatic carbocycles. The molecule has 0 spiro atoms. The molecule has 0 fully saturated rings. The second kappa shape index (κ2) is 9.88. The third kappa shape index (κ3) is 4.58. The Morgan fingerprint density at radius 3 is 2.35 bits per heavy atom. The lowest BCUT2D eigenvalue weighted by Crippen LogP contribution is -2.15. The van der Waals surface area contributed by atoms with E-state index in [1.807, 2.05) is 6.92 Å². The zero-order valence-corrected chi connectivity index (χ0v) is 17.6. The van der Waals surface area contributed by atoms with Crippen LogP contribution in [0.1, 0.15) is 40.6 Å². The Morgan fingerprint density at radius 1 is 1.03 bits per heavy atom. The van der Waals surface area contributed by atoms with E-state index in [0.29, 0.717) is 17.9 Å². The average Bonchev–Trinajstić information content (AvgIpc) is 3.20. The number of benzene rings is 2. The van der Waals surface area contributed by atoms with Crippen LogP contribution in [0.5, 0.6) is 5.75 Å². The van der Waals surface area contributed by atoms with E-state index in [-0.39, 0.29) is 22.7 Å². The minimum atomic E-state index is -0.790. The van der Waals surface area contributed by atoms with E-state index < -0.39 is 17.8 Å². The normalized spacial score (nSPS) is 10.6. The van der Waals surface area contributed by atoms with Gasteiger partial charge in [-0.3, -0.25) is 0 Å². The molecule has 0 aliphatic carbocycles. The quantitative estimate of drug-likeness (QED) is 0.392. The van der Waals surface area contributed by atoms with Gasteiger partial charge in [0, 0.05) is 5.56 Å². The van der Waals surface area contributed by atoms with Crippen molar-refractivity contribution in [3.63, 3.8) is 0 Å². The van der Waals surface area contributed by atoms with Gasteiger partial charge in [0.05, 0.1) is 26.5 Å². The van der Waals surface area contributed by atoms with E-state index in [1.54, 1.807) is 36.4 Å². The van der Waals surface area contributed by atoms with Gasteiger partial charge < -0.3 is 14.2 Å². The summed E-state index contributed by atoms with van der Waals surface area (Å²) < 4.78 is 31.2. The number of halogens is 1. The first kappa shape index (κ1) is 22.0. The molecule has 7 nitrogen and oxygen atoms in total. The maximum atomic E-state index is 14.7. The Kier molecular flexibility index (Phi) is 7.02. The number of rotatable bonds is 8. The molecule has 31 heavy (non-hydrogen) atoms. The monoisotopic (exact) mass is 426 g/mol. The van der Waals surface area contributed by atoms with E-state index >= 15 is 0 Å². The molecule has 8 heteroatoms. The van der Waals surface area contributed by atoms with Gasteiger partial charge in [-0.05, 0) is 36.8 Å². The van der Waals surface area contributed by atoms with Crippen molar-refractivity contribution in [3.8, 4) is 22.7 Å². The number of nitrogens with zero attached hydrogens (tertiary/aromatic N) is 2. The fourth-order valence-electron chi connectivity index (χ4n) is 3.05. The van der Waals surface area contributed by atoms with Gasteiger partial charge in [0.1, 0.15) is 11.3 Å². The number of carbonyl (C=O) groups excluding carboxylic acids is 2. The van der Waals surface area contributed by atoms with E-state index in [0.717, 1.165) is 12.8 Å². The topological polar surface area (TPSA) is 79.7 Å². The number of hydrogen-bond donors (Lipinski definition) is 0. The standard InChI is InChI=1S/C23H23FN2O5/c1-4-5-13-31-18-12-11-15(14-17(18)24)20-19(22(27)29-2)21(23(28)30-3)26(25-20)16-9-7-6-8-10-16/h6-12,14H,4-5,13H2,1-3H3. The fourth-order valence-corrected chi connectivity index (χ4v) is 3.05. The highest BCUT2D eigenvalue weighted by molar-refractivity contribution is 6.06. The highest BCUT2D eigenvalue weighted by Gasteiger charge is 2.31. The number of carbonyl (C=O) groups is 2. The zero-order valence-electron chi connectivity index (χ0n) is 17.6. The molecule has 0 bridgehead atoms. The van der Waals surface area contributed by atoms with Crippen LogP contribution in [-0.2, 0) is 9.47 Å². The number of unbranched alkanes of at least 4 members (excludes halogenated alkanes) is 1. The summed E-state index contributed by atoms with van der Waals surface area (Å²) in [4.78, 5) is 25.2. The molecule has 162 valence electrons. The van der Waals surface area contributed by atoms with Gasteiger partial charge in [0.15, 0.2) is 17.3 Å². The smallest absolute Gasteiger partial charge is 0.357 e. The Morgan fingerprint density at radius 2 is 1.74 bits per heavy atom. The van der Waals surface area contributed by atoms with Crippen molar-refractivity contribution in [2.75, 3.05) is 20.8 Å². The first-order valence-electron chi connectivity index (χ1n) is 9.79. The number of methoxy groups -OCH3 is 2. The first-order chi connectivity index (χ1) is 15.0. The molecule has 0 saturated heterocycles. The minimum Gasteiger partial charge on any atom is -0.491 e. The molecular formula is C23H23FN2O5. The molecule has 0 aliphatic heterocycles. The number of para-hydroxylation sites is 1. The molecule has 0 radical (unpaired) electrons. The maximum absolute atomic E-state index is 14.7. The van der Waals surface area contributed by atoms with E-state index in [9.17, 15) is 14.0 Å². The second-order valence-electron chi connectivity index (χ2n) is 6.65. The third-order valence-electron chi connectivity index (χ3n) is 4.62. The van der Waals surface area contributed by atoms with Crippen LogP contribution >= 0.6 is 0 Å². The number of esters is 2. The van der Waals surface area contributed by atoms with Crippen LogP contribution in [0.4, 0.5) is 4.39 Å². The molecule has 0 saturated carbocycles. The summed E-state index contributed by atoms with van der Waals surface area (Å²) in [6, 6.07) is 13.0. The van der Waals surface area contributed by atoms with Crippen LogP contribution in [0.15, 0.2) is 48.5 Å². The van der Waals surface area contributed by atoms with Crippen molar-refractivity contribution in [1.82, 2.24) is 9.78 Å². The maximum Gasteiger partial charge on any atom is 0.357 e. The second-order valence-corrected chi connectivity index (χ2v) is 6.65. The summed E-state index contributed by atoms with van der Waals surface area (Å²) in [7, 11) is 2.39. The van der Waals surface area contributed by atoms with Gasteiger partial charge in [-0.2, -0.15) is 5.10 Å². The van der Waals surface area contributed by atoms with Crippen LogP contribution in [0.25, 0.3) is 16.9 Å². The Balaban J connectivity index is 2.18. The average molecular weight is 426 g/mol. The van der Waals surface area contributed by atoms with Crippen molar-refractivity contribution in [1.29, 1.82) is 0 Å². The molecule has 3 rings (SSSR count). The summed E-state index contributed by atoms with van der Waals surface area (Å²) in [5.41, 5.74) is 0.687. The summed E-state index contributed by atoms with van der Waals surface area (Å²) in [6.07, 6.45) is 1.73. The van der Waals surface area contributed by atoms with E-state index in [4.69, 9.17) is 14.2 Å². The summed E-state index contributed by atoms with van der Waals surface area (Å²) in [6.45, 7) is 2.41. The van der Waals surface area contributed by atoms with E-state index in [2.05, 4.69) is 5.10 Å². The van der Waals surface area contributed by atoms with Crippen molar-refractivity contribution in [2.45, 2.75) is 19.8 Å².